The van der Waals surface area contributed by atoms with Crippen molar-refractivity contribution >= 4 is 21.6 Å². The van der Waals surface area contributed by atoms with Crippen molar-refractivity contribution in [3.63, 3.8) is 0 Å². The summed E-state index contributed by atoms with van der Waals surface area (Å²) in [7, 11) is 0.144. The van der Waals surface area contributed by atoms with E-state index >= 15 is 0 Å². The summed E-state index contributed by atoms with van der Waals surface area (Å²) in [6.45, 7) is 4.45. The maximum absolute atomic E-state index is 12.3. The van der Waals surface area contributed by atoms with Crippen LogP contribution in [0.5, 0.6) is 0 Å². The highest BCUT2D eigenvalue weighted by Gasteiger charge is 2.25. The van der Waals surface area contributed by atoms with Crippen LogP contribution in [0.4, 0.5) is 0 Å². The molecule has 0 unspecified atom stereocenters. The second-order valence-electron chi connectivity index (χ2n) is 5.50. The third kappa shape index (κ3) is 4.17. The van der Waals surface area contributed by atoms with Crippen molar-refractivity contribution in [3.05, 3.63) is 28.8 Å². The van der Waals surface area contributed by atoms with Crippen LogP contribution >= 0.6 is 11.6 Å². The molecule has 0 saturated carbocycles. The summed E-state index contributed by atoms with van der Waals surface area (Å²) in [5, 5.41) is 0.192. The van der Waals surface area contributed by atoms with E-state index < -0.39 is 10.0 Å². The third-order valence-electron chi connectivity index (χ3n) is 3.43. The van der Waals surface area contributed by atoms with Gasteiger partial charge in [0.2, 0.25) is 10.0 Å². The van der Waals surface area contributed by atoms with Crippen LogP contribution in [0.2, 0.25) is 5.02 Å². The Balaban J connectivity index is 3.00. The molecule has 0 bridgehead atoms. The molecule has 3 N–H and O–H groups in total. The molecule has 1 rings (SSSR count). The summed E-state index contributed by atoms with van der Waals surface area (Å²) in [5.74, 6) is 0. The smallest absolute Gasteiger partial charge is 0.242 e. The minimum atomic E-state index is -3.65. The van der Waals surface area contributed by atoms with E-state index in [1.807, 2.05) is 32.8 Å². The number of halogens is 1. The molecule has 0 spiro atoms. The predicted molar refractivity (Wildman–Crippen MR) is 82.3 cm³/mol. The van der Waals surface area contributed by atoms with Crippen LogP contribution in [0.25, 0.3) is 0 Å². The molecule has 0 aliphatic rings. The number of benzene rings is 1. The van der Waals surface area contributed by atoms with Crippen molar-refractivity contribution < 1.29 is 8.42 Å². The Hall–Kier alpha value is -0.660. The fourth-order valence-electron chi connectivity index (χ4n) is 1.39. The number of hydrogen-bond acceptors (Lipinski definition) is 4. The summed E-state index contributed by atoms with van der Waals surface area (Å²) in [6.07, 6.45) is 0. The molecule has 1 aromatic rings. The Bertz CT molecular complexity index is 571. The number of hydrogen-bond donors (Lipinski definition) is 2. The molecular formula is C13H22ClN3O2S. The standard InChI is InChI=1S/C13H22ClN3O2S/c1-13(2,17(3)4)9-16-20(18,19)12-7-10(8-15)5-6-11(12)14/h5-7,16H,8-9,15H2,1-4H3. The second-order valence-corrected chi connectivity index (χ2v) is 7.64. The number of likely N-dealkylation sites (N-methyl/N-ethyl adjacent to an activating group) is 1. The van der Waals surface area contributed by atoms with Crippen LogP contribution in [-0.2, 0) is 16.6 Å². The Morgan fingerprint density at radius 3 is 2.45 bits per heavy atom. The average molecular weight is 320 g/mol. The van der Waals surface area contributed by atoms with E-state index in [4.69, 9.17) is 17.3 Å². The minimum Gasteiger partial charge on any atom is -0.326 e. The van der Waals surface area contributed by atoms with Gasteiger partial charge >= 0.3 is 0 Å². The molecule has 114 valence electrons. The van der Waals surface area contributed by atoms with Crippen LogP contribution in [0.1, 0.15) is 19.4 Å². The van der Waals surface area contributed by atoms with Crippen LogP contribution < -0.4 is 10.5 Å². The van der Waals surface area contributed by atoms with Crippen molar-refractivity contribution in [2.45, 2.75) is 30.8 Å². The summed E-state index contributed by atoms with van der Waals surface area (Å²) < 4.78 is 27.3. The molecule has 7 heteroatoms. The first-order valence-electron chi connectivity index (χ1n) is 6.26. The molecule has 0 amide bonds. The zero-order chi connectivity index (χ0) is 15.6. The Morgan fingerprint density at radius 2 is 1.95 bits per heavy atom. The van der Waals surface area contributed by atoms with Gasteiger partial charge in [-0.25, -0.2) is 13.1 Å². The summed E-state index contributed by atoms with van der Waals surface area (Å²) >= 11 is 5.98. The summed E-state index contributed by atoms with van der Waals surface area (Å²) in [5.41, 5.74) is 5.95. The normalized spacial score (nSPS) is 12.9. The molecule has 0 atom stereocenters. The van der Waals surface area contributed by atoms with Gasteiger partial charge in [0.25, 0.3) is 0 Å². The molecule has 1 aromatic carbocycles. The SMILES string of the molecule is CN(C)C(C)(C)CNS(=O)(=O)c1cc(CN)ccc1Cl. The molecular weight excluding hydrogens is 298 g/mol. The second kappa shape index (κ2) is 6.41. The molecule has 0 heterocycles. The summed E-state index contributed by atoms with van der Waals surface area (Å²) in [6, 6.07) is 4.77. The maximum Gasteiger partial charge on any atom is 0.242 e. The van der Waals surface area contributed by atoms with E-state index in [9.17, 15) is 8.42 Å². The first kappa shape index (κ1) is 17.4. The van der Waals surface area contributed by atoms with Gasteiger partial charge in [0.1, 0.15) is 4.90 Å². The molecule has 0 saturated heterocycles. The Morgan fingerprint density at radius 1 is 1.35 bits per heavy atom. The molecule has 0 aliphatic carbocycles. The van der Waals surface area contributed by atoms with Crippen molar-refractivity contribution in [2.24, 2.45) is 5.73 Å². The Kier molecular flexibility index (Phi) is 5.57. The zero-order valence-corrected chi connectivity index (χ0v) is 13.8. The van der Waals surface area contributed by atoms with Crippen LogP contribution in [0, 0.1) is 0 Å². The van der Waals surface area contributed by atoms with Gasteiger partial charge in [0.05, 0.1) is 5.02 Å². The molecule has 0 radical (unpaired) electrons. The number of nitrogens with two attached hydrogens (primary N) is 1. The van der Waals surface area contributed by atoms with Gasteiger partial charge in [0.15, 0.2) is 0 Å². The number of rotatable bonds is 6. The number of nitrogens with one attached hydrogen (secondary N) is 1. The van der Waals surface area contributed by atoms with Crippen molar-refractivity contribution in [3.8, 4) is 0 Å². The van der Waals surface area contributed by atoms with E-state index in [0.29, 0.717) is 0 Å². The van der Waals surface area contributed by atoms with E-state index in [0.717, 1.165) is 5.56 Å². The lowest BCUT2D eigenvalue weighted by atomic mass is 10.1. The van der Waals surface area contributed by atoms with Gasteiger partial charge in [-0.05, 0) is 45.6 Å². The maximum atomic E-state index is 12.3. The number of sulfonamides is 1. The van der Waals surface area contributed by atoms with E-state index in [1.54, 1.807) is 12.1 Å². The molecule has 0 fully saturated rings. The monoisotopic (exact) mass is 319 g/mol. The largest absolute Gasteiger partial charge is 0.326 e. The fraction of sp³-hybridized carbons (Fsp3) is 0.538. The van der Waals surface area contributed by atoms with Gasteiger partial charge in [-0.1, -0.05) is 17.7 Å². The highest BCUT2D eigenvalue weighted by molar-refractivity contribution is 7.89. The number of nitrogens with zero attached hydrogens (tertiary/aromatic N) is 1. The van der Waals surface area contributed by atoms with Crippen LogP contribution in [0.3, 0.4) is 0 Å². The predicted octanol–water partition coefficient (Wildman–Crippen LogP) is 1.42. The lowest BCUT2D eigenvalue weighted by Crippen LogP contribution is -2.48. The lowest BCUT2D eigenvalue weighted by molar-refractivity contribution is 0.199. The first-order chi connectivity index (χ1) is 9.10. The summed E-state index contributed by atoms with van der Waals surface area (Å²) in [4.78, 5) is 2.02. The molecule has 5 nitrogen and oxygen atoms in total. The van der Waals surface area contributed by atoms with Gasteiger partial charge < -0.3 is 10.6 Å². The Labute approximate surface area is 126 Å². The quantitative estimate of drug-likeness (QED) is 0.831. The molecule has 0 aromatic heterocycles. The molecule has 0 aliphatic heterocycles. The van der Waals surface area contributed by atoms with E-state index in [-0.39, 0.29) is 28.5 Å². The lowest BCUT2D eigenvalue weighted by Gasteiger charge is -2.32. The highest BCUT2D eigenvalue weighted by Crippen LogP contribution is 2.23. The first-order valence-corrected chi connectivity index (χ1v) is 8.12. The van der Waals surface area contributed by atoms with Crippen LogP contribution in [0.15, 0.2) is 23.1 Å². The van der Waals surface area contributed by atoms with Crippen LogP contribution in [-0.4, -0.2) is 39.5 Å². The van der Waals surface area contributed by atoms with Gasteiger partial charge in [-0.3, -0.25) is 0 Å². The van der Waals surface area contributed by atoms with Gasteiger partial charge in [0, 0.05) is 18.6 Å². The molecule has 20 heavy (non-hydrogen) atoms. The third-order valence-corrected chi connectivity index (χ3v) is 5.31. The van der Waals surface area contributed by atoms with Crippen molar-refractivity contribution in [2.75, 3.05) is 20.6 Å². The van der Waals surface area contributed by atoms with Gasteiger partial charge in [-0.15, -0.1) is 0 Å². The topological polar surface area (TPSA) is 75.4 Å². The van der Waals surface area contributed by atoms with Crippen molar-refractivity contribution in [1.82, 2.24) is 9.62 Å². The average Bonchev–Trinajstić information content (AvgIpc) is 2.37. The highest BCUT2D eigenvalue weighted by atomic mass is 35.5. The fourth-order valence-corrected chi connectivity index (χ4v) is 3.14. The van der Waals surface area contributed by atoms with Gasteiger partial charge in [-0.2, -0.15) is 0 Å². The van der Waals surface area contributed by atoms with E-state index in [2.05, 4.69) is 4.72 Å². The minimum absolute atomic E-state index is 0.0664. The van der Waals surface area contributed by atoms with Crippen molar-refractivity contribution in [1.29, 1.82) is 0 Å². The van der Waals surface area contributed by atoms with E-state index in [1.165, 1.54) is 6.07 Å². The zero-order valence-electron chi connectivity index (χ0n) is 12.3.